The molecular weight excluding hydrogens is 797 g/mol. The number of Topliss-reactive ketones (excluding diaryl/α,β-unsaturated/α-hetero) is 1. The van der Waals surface area contributed by atoms with Crippen LogP contribution in [0.1, 0.15) is 78.3 Å². The first-order valence-corrected chi connectivity index (χ1v) is 23.3. The molecule has 5 aliphatic carbocycles. The fourth-order valence-corrected chi connectivity index (χ4v) is 13.5. The van der Waals surface area contributed by atoms with Crippen molar-refractivity contribution in [1.29, 1.82) is 0 Å². The zero-order chi connectivity index (χ0) is 43.3. The van der Waals surface area contributed by atoms with Gasteiger partial charge < -0.3 is 0 Å². The van der Waals surface area contributed by atoms with Crippen LogP contribution >= 0.6 is 0 Å². The van der Waals surface area contributed by atoms with Gasteiger partial charge in [0.05, 0.1) is 10.8 Å². The van der Waals surface area contributed by atoms with Gasteiger partial charge in [-0.1, -0.05) is 212 Å². The molecule has 0 N–H and O–H groups in total. The summed E-state index contributed by atoms with van der Waals surface area (Å²) in [4.78, 5) is 14.7. The lowest BCUT2D eigenvalue weighted by molar-refractivity contribution is 0.0979. The molecule has 10 aromatic carbocycles. The number of rotatable bonds is 2. The molecule has 15 rings (SSSR count). The van der Waals surface area contributed by atoms with Crippen molar-refractivity contribution in [2.45, 2.75) is 23.2 Å². The second-order valence-corrected chi connectivity index (χ2v) is 18.9. The van der Waals surface area contributed by atoms with E-state index in [1.54, 1.807) is 0 Å². The van der Waals surface area contributed by atoms with Crippen LogP contribution in [0.15, 0.2) is 224 Å². The second-order valence-electron chi connectivity index (χ2n) is 18.9. The van der Waals surface area contributed by atoms with E-state index in [1.807, 2.05) is 12.1 Å². The van der Waals surface area contributed by atoms with Gasteiger partial charge in [0.15, 0.2) is 5.78 Å². The third kappa shape index (κ3) is 4.38. The van der Waals surface area contributed by atoms with Gasteiger partial charge in [-0.25, -0.2) is 0 Å². The lowest BCUT2D eigenvalue weighted by Gasteiger charge is -2.31. The van der Waals surface area contributed by atoms with Crippen LogP contribution in [0, 0.1) is 0 Å². The summed E-state index contributed by atoms with van der Waals surface area (Å²) in [5.74, 6) is 0.0374. The van der Waals surface area contributed by atoms with E-state index in [0.29, 0.717) is 6.42 Å². The van der Waals surface area contributed by atoms with Gasteiger partial charge in [-0.2, -0.15) is 0 Å². The van der Waals surface area contributed by atoms with E-state index in [-0.39, 0.29) is 11.7 Å². The summed E-state index contributed by atoms with van der Waals surface area (Å²) in [6.07, 6.45) is 0.397. The molecule has 1 heteroatoms. The molecule has 0 saturated carbocycles. The lowest BCUT2D eigenvalue weighted by Crippen LogP contribution is -2.26. The van der Waals surface area contributed by atoms with E-state index < -0.39 is 10.8 Å². The predicted molar refractivity (Wildman–Crippen MR) is 267 cm³/mol. The van der Waals surface area contributed by atoms with Crippen molar-refractivity contribution in [1.82, 2.24) is 0 Å². The first-order chi connectivity index (χ1) is 32.7. The summed E-state index contributed by atoms with van der Waals surface area (Å²) in [6.45, 7) is 0. The Morgan fingerprint density at radius 2 is 0.636 bits per heavy atom. The Bertz CT molecular complexity index is 3660. The Hall–Kier alpha value is -8.13. The Labute approximate surface area is 384 Å². The first-order valence-electron chi connectivity index (χ1n) is 23.3. The van der Waals surface area contributed by atoms with Crippen molar-refractivity contribution in [2.75, 3.05) is 0 Å². The maximum absolute atomic E-state index is 14.7. The molecule has 1 atom stereocenters. The number of carbonyl (C=O) groups excluding carboxylic acids is 1. The van der Waals surface area contributed by atoms with Gasteiger partial charge in [0.1, 0.15) is 0 Å². The average Bonchev–Trinajstić information content (AvgIpc) is 4.04. The summed E-state index contributed by atoms with van der Waals surface area (Å²) in [7, 11) is 0. The van der Waals surface area contributed by atoms with Crippen molar-refractivity contribution in [3.63, 3.8) is 0 Å². The minimum atomic E-state index is -0.454. The molecule has 0 fully saturated rings. The summed E-state index contributed by atoms with van der Waals surface area (Å²) in [5, 5.41) is 0. The molecule has 5 aliphatic rings. The van der Waals surface area contributed by atoms with Crippen LogP contribution in [0.3, 0.4) is 0 Å². The zero-order valence-corrected chi connectivity index (χ0v) is 36.1. The van der Waals surface area contributed by atoms with Gasteiger partial charge in [0.25, 0.3) is 0 Å². The second kappa shape index (κ2) is 13.0. The minimum absolute atomic E-state index is 0.142. The topological polar surface area (TPSA) is 17.1 Å². The van der Waals surface area contributed by atoms with Crippen molar-refractivity contribution < 1.29 is 4.79 Å². The van der Waals surface area contributed by atoms with Crippen LogP contribution < -0.4 is 0 Å². The van der Waals surface area contributed by atoms with Gasteiger partial charge in [-0.3, -0.25) is 4.79 Å². The summed E-state index contributed by atoms with van der Waals surface area (Å²) in [6, 6.07) is 83.5. The van der Waals surface area contributed by atoms with Crippen LogP contribution in [0.25, 0.3) is 66.8 Å². The molecule has 0 bridgehead atoms. The molecule has 0 aliphatic heterocycles. The van der Waals surface area contributed by atoms with E-state index >= 15 is 0 Å². The number of hydrogen-bond acceptors (Lipinski definition) is 1. The highest BCUT2D eigenvalue weighted by Gasteiger charge is 2.53. The van der Waals surface area contributed by atoms with Gasteiger partial charge >= 0.3 is 0 Å². The van der Waals surface area contributed by atoms with Gasteiger partial charge in [-0.05, 0) is 135 Å². The number of fused-ring (bicyclic) bond motifs is 23. The number of hydrogen-bond donors (Lipinski definition) is 0. The smallest absolute Gasteiger partial charge is 0.164 e. The molecule has 66 heavy (non-hydrogen) atoms. The Morgan fingerprint density at radius 1 is 0.288 bits per heavy atom. The fourth-order valence-electron chi connectivity index (χ4n) is 13.5. The molecule has 0 radical (unpaired) electrons. The van der Waals surface area contributed by atoms with Crippen LogP contribution in [0.5, 0.6) is 0 Å². The Morgan fingerprint density at radius 3 is 1.11 bits per heavy atom. The van der Waals surface area contributed by atoms with Crippen LogP contribution in [-0.2, 0) is 10.8 Å². The molecule has 10 aromatic rings. The highest BCUT2D eigenvalue weighted by Crippen LogP contribution is 2.65. The number of benzene rings is 10. The van der Waals surface area contributed by atoms with E-state index in [9.17, 15) is 4.79 Å². The standard InChI is InChI=1S/C65H40O/c66-63-38-53(41-31-34-51-49-21-8-14-28-60(49)65(62(51)37-41)57-25-11-5-18-46(57)47-19-6-12-26-58(47)65)43-32-29-39(35-54(43)42-15-1-2-22-52(42)63)40-30-33-50-48-20-7-13-27-59(48)64(61(50)36-40)55-23-9-3-16-44(55)45-17-4-10-24-56(45)64/h1-37,53H,38H2. The third-order valence-electron chi connectivity index (χ3n) is 16.1. The molecule has 0 amide bonds. The van der Waals surface area contributed by atoms with Crippen LogP contribution in [-0.4, -0.2) is 5.78 Å². The van der Waals surface area contributed by atoms with Crippen LogP contribution in [0.2, 0.25) is 0 Å². The van der Waals surface area contributed by atoms with Gasteiger partial charge in [0.2, 0.25) is 0 Å². The number of carbonyl (C=O) groups is 1. The lowest BCUT2D eigenvalue weighted by atomic mass is 9.70. The number of ketones is 1. The largest absolute Gasteiger partial charge is 0.294 e. The molecule has 1 nitrogen and oxygen atoms in total. The fraction of sp³-hybridized carbons (Fsp3) is 0.0615. The van der Waals surface area contributed by atoms with Crippen LogP contribution in [0.4, 0.5) is 0 Å². The SMILES string of the molecule is O=C1CC(c2ccc3c(c2)C2(c4ccccc4-c4ccccc42)c2ccccc2-3)c2ccc(-c3ccc4c(c3)C3(c5ccccc5-c5ccccc53)c3ccccc3-4)cc2-c2ccccc21. The first kappa shape index (κ1) is 36.2. The van der Waals surface area contributed by atoms with Crippen molar-refractivity contribution in [3.8, 4) is 66.8 Å². The van der Waals surface area contributed by atoms with Crippen molar-refractivity contribution in [3.05, 3.63) is 286 Å². The molecular formula is C65H40O. The highest BCUT2D eigenvalue weighted by molar-refractivity contribution is 6.05. The van der Waals surface area contributed by atoms with Crippen molar-refractivity contribution >= 4 is 5.78 Å². The maximum atomic E-state index is 14.7. The zero-order valence-electron chi connectivity index (χ0n) is 36.1. The summed E-state index contributed by atoms with van der Waals surface area (Å²) >= 11 is 0. The maximum Gasteiger partial charge on any atom is 0.164 e. The molecule has 1 unspecified atom stereocenters. The molecule has 306 valence electrons. The summed E-state index contributed by atoms with van der Waals surface area (Å²) < 4.78 is 0. The van der Waals surface area contributed by atoms with E-state index in [0.717, 1.165) is 22.3 Å². The minimum Gasteiger partial charge on any atom is -0.294 e. The normalized spacial score (nSPS) is 16.2. The Balaban J connectivity index is 0.926. The molecule has 0 aromatic heterocycles. The van der Waals surface area contributed by atoms with E-state index in [4.69, 9.17) is 0 Å². The quantitative estimate of drug-likeness (QED) is 0.170. The molecule has 0 heterocycles. The van der Waals surface area contributed by atoms with E-state index in [1.165, 1.54) is 106 Å². The van der Waals surface area contributed by atoms with Gasteiger partial charge in [0, 0.05) is 17.9 Å². The predicted octanol–water partition coefficient (Wildman–Crippen LogP) is 15.4. The van der Waals surface area contributed by atoms with Gasteiger partial charge in [-0.15, -0.1) is 0 Å². The van der Waals surface area contributed by atoms with E-state index in [2.05, 4.69) is 212 Å². The van der Waals surface area contributed by atoms with Crippen molar-refractivity contribution in [2.24, 2.45) is 0 Å². The molecule has 0 saturated heterocycles. The molecule has 2 spiro atoms. The average molecular weight is 837 g/mol. The highest BCUT2D eigenvalue weighted by atomic mass is 16.1. The Kier molecular flexibility index (Phi) is 7.14. The summed E-state index contributed by atoms with van der Waals surface area (Å²) in [5.41, 5.74) is 27.7. The monoisotopic (exact) mass is 836 g/mol. The third-order valence-corrected chi connectivity index (χ3v) is 16.1.